The van der Waals surface area contributed by atoms with Gasteiger partial charge in [0.05, 0.1) is 11.5 Å². The molecule has 1 saturated heterocycles. The highest BCUT2D eigenvalue weighted by Crippen LogP contribution is 2.34. The van der Waals surface area contributed by atoms with Gasteiger partial charge in [-0.15, -0.1) is 10.2 Å². The summed E-state index contributed by atoms with van der Waals surface area (Å²) in [6.45, 7) is 8.31. The molecule has 0 aliphatic carbocycles. The van der Waals surface area contributed by atoms with Gasteiger partial charge in [-0.25, -0.2) is 4.39 Å². The van der Waals surface area contributed by atoms with E-state index in [4.69, 9.17) is 9.84 Å². The Balaban J connectivity index is 1.44. The third-order valence-electron chi connectivity index (χ3n) is 5.98. The van der Waals surface area contributed by atoms with E-state index >= 15 is 0 Å². The van der Waals surface area contributed by atoms with Crippen molar-refractivity contribution in [1.82, 2.24) is 15.1 Å². The van der Waals surface area contributed by atoms with Crippen LogP contribution in [0.5, 0.6) is 5.75 Å². The van der Waals surface area contributed by atoms with Gasteiger partial charge in [0.1, 0.15) is 23.2 Å². The zero-order valence-corrected chi connectivity index (χ0v) is 20.6. The van der Waals surface area contributed by atoms with Gasteiger partial charge in [-0.05, 0) is 56.2 Å². The molecule has 10 heteroatoms. The summed E-state index contributed by atoms with van der Waals surface area (Å²) in [6.07, 6.45) is 0. The molecule has 0 spiro atoms. The van der Waals surface area contributed by atoms with E-state index in [9.17, 15) is 14.0 Å². The Morgan fingerprint density at radius 3 is 2.51 bits per heavy atom. The van der Waals surface area contributed by atoms with Crippen molar-refractivity contribution < 1.29 is 23.8 Å². The molecule has 1 fully saturated rings. The van der Waals surface area contributed by atoms with Crippen molar-refractivity contribution in [3.8, 4) is 16.3 Å². The van der Waals surface area contributed by atoms with Crippen LogP contribution in [0.25, 0.3) is 10.6 Å². The van der Waals surface area contributed by atoms with Gasteiger partial charge in [-0.3, -0.25) is 19.4 Å². The molecule has 3 aromatic rings. The van der Waals surface area contributed by atoms with Gasteiger partial charge >= 0.3 is 5.97 Å². The minimum atomic E-state index is -0.747. The van der Waals surface area contributed by atoms with Gasteiger partial charge in [0.2, 0.25) is 5.13 Å². The fourth-order valence-electron chi connectivity index (χ4n) is 4.07. The molecule has 35 heavy (non-hydrogen) atoms. The molecule has 2 aromatic carbocycles. The van der Waals surface area contributed by atoms with E-state index in [0.717, 1.165) is 22.4 Å². The van der Waals surface area contributed by atoms with E-state index in [1.165, 1.54) is 28.4 Å². The number of rotatable bonds is 9. The highest BCUT2D eigenvalue weighted by molar-refractivity contribution is 7.18. The Kier molecular flexibility index (Phi) is 7.42. The summed E-state index contributed by atoms with van der Waals surface area (Å²) in [5.74, 6) is -1.26. The first-order valence-electron chi connectivity index (χ1n) is 11.4. The molecule has 0 unspecified atom stereocenters. The predicted octanol–water partition coefficient (Wildman–Crippen LogP) is 4.02. The first-order chi connectivity index (χ1) is 16.8. The molecule has 0 atom stereocenters. The zero-order valence-electron chi connectivity index (χ0n) is 19.8. The van der Waals surface area contributed by atoms with Crippen molar-refractivity contribution in [2.75, 3.05) is 37.7 Å². The van der Waals surface area contributed by atoms with Gasteiger partial charge in [-0.1, -0.05) is 23.5 Å². The quantitative estimate of drug-likeness (QED) is 0.476. The first-order valence-corrected chi connectivity index (χ1v) is 12.2. The minimum absolute atomic E-state index is 0.00370. The van der Waals surface area contributed by atoms with Crippen molar-refractivity contribution in [3.63, 3.8) is 0 Å². The number of benzene rings is 2. The second-order valence-corrected chi connectivity index (χ2v) is 9.46. The Morgan fingerprint density at radius 1 is 1.20 bits per heavy atom. The Morgan fingerprint density at radius 2 is 1.89 bits per heavy atom. The van der Waals surface area contributed by atoms with Crippen molar-refractivity contribution in [1.29, 1.82) is 0 Å². The fourth-order valence-corrected chi connectivity index (χ4v) is 4.97. The summed E-state index contributed by atoms with van der Waals surface area (Å²) in [5, 5.41) is 18.5. The Bertz CT molecular complexity index is 1220. The molecule has 8 nitrogen and oxygen atoms in total. The van der Waals surface area contributed by atoms with Gasteiger partial charge in [0, 0.05) is 31.7 Å². The molecular weight excluding hydrogens is 471 g/mol. The lowest BCUT2D eigenvalue weighted by atomic mass is 10.0. The first kappa shape index (κ1) is 24.7. The molecule has 0 radical (unpaired) electrons. The number of hydrogen-bond acceptors (Lipinski definition) is 7. The van der Waals surface area contributed by atoms with E-state index in [1.54, 1.807) is 12.1 Å². The maximum atomic E-state index is 14.1. The molecule has 2 heterocycles. The van der Waals surface area contributed by atoms with E-state index in [2.05, 4.69) is 15.1 Å². The summed E-state index contributed by atoms with van der Waals surface area (Å²) in [5.41, 5.74) is 2.74. The second kappa shape index (κ2) is 10.5. The highest BCUT2D eigenvalue weighted by Gasteiger charge is 2.32. The zero-order chi connectivity index (χ0) is 25.1. The van der Waals surface area contributed by atoms with Crippen LogP contribution in [0, 0.1) is 25.6 Å². The molecule has 0 saturated carbocycles. The van der Waals surface area contributed by atoms with Crippen molar-refractivity contribution in [2.24, 2.45) is 5.92 Å². The summed E-state index contributed by atoms with van der Waals surface area (Å²) in [7, 11) is 0. The second-order valence-electron chi connectivity index (χ2n) is 8.50. The number of likely N-dealkylation sites (tertiary alicyclic amines) is 1. The number of carboxylic acid groups (broad SMARTS) is 1. The number of carboxylic acids is 1. The monoisotopic (exact) mass is 498 g/mol. The van der Waals surface area contributed by atoms with E-state index in [-0.39, 0.29) is 11.5 Å². The lowest BCUT2D eigenvalue weighted by Gasteiger charge is -2.36. The number of ether oxygens (including phenoxy) is 1. The van der Waals surface area contributed by atoms with E-state index < -0.39 is 17.7 Å². The van der Waals surface area contributed by atoms with Crippen LogP contribution in [0.15, 0.2) is 36.4 Å². The van der Waals surface area contributed by atoms with Crippen molar-refractivity contribution in [2.45, 2.75) is 20.8 Å². The van der Waals surface area contributed by atoms with E-state index in [0.29, 0.717) is 42.9 Å². The molecular formula is C25H27FN4O4S. The average molecular weight is 499 g/mol. The normalized spacial score (nSPS) is 13.9. The smallest absolute Gasteiger partial charge is 0.309 e. The molecule has 1 aliphatic rings. The molecule has 0 bridgehead atoms. The van der Waals surface area contributed by atoms with E-state index in [1.807, 2.05) is 32.9 Å². The van der Waals surface area contributed by atoms with Crippen molar-refractivity contribution in [3.05, 3.63) is 58.9 Å². The third kappa shape index (κ3) is 5.33. The van der Waals surface area contributed by atoms with Crippen LogP contribution >= 0.6 is 11.3 Å². The Hall–Kier alpha value is -3.37. The summed E-state index contributed by atoms with van der Waals surface area (Å²) in [4.78, 5) is 27.3. The summed E-state index contributed by atoms with van der Waals surface area (Å²) in [6, 6.07) is 9.82. The van der Waals surface area contributed by atoms with Crippen molar-refractivity contribution >= 4 is 28.3 Å². The number of carbonyl (C=O) groups excluding carboxylic acids is 1. The van der Waals surface area contributed by atoms with Crippen LogP contribution in [-0.2, 0) is 4.79 Å². The number of anilines is 1. The van der Waals surface area contributed by atoms with Crippen LogP contribution in [-0.4, -0.2) is 64.9 Å². The van der Waals surface area contributed by atoms with Gasteiger partial charge in [-0.2, -0.15) is 0 Å². The standard InChI is InChI=1S/C25H27FN4O4S/c1-4-30(23(31)19-7-5-6-8-20(19)26)25-28-27-22(35-25)17-11-15(2)21(16(3)12-17)34-10-9-29-13-18(14-29)24(32)33/h5-8,11-12,18H,4,9-10,13-14H2,1-3H3,(H,32,33). The number of carbonyl (C=O) groups is 2. The molecule has 1 amide bonds. The topological polar surface area (TPSA) is 95.9 Å². The number of hydrogen-bond donors (Lipinski definition) is 1. The van der Waals surface area contributed by atoms with Crippen LogP contribution < -0.4 is 9.64 Å². The minimum Gasteiger partial charge on any atom is -0.492 e. The van der Waals surface area contributed by atoms with Gasteiger partial charge in [0.15, 0.2) is 0 Å². The van der Waals surface area contributed by atoms with Crippen LogP contribution in [0.4, 0.5) is 9.52 Å². The summed E-state index contributed by atoms with van der Waals surface area (Å²) < 4.78 is 20.1. The lowest BCUT2D eigenvalue weighted by molar-refractivity contribution is -0.147. The lowest BCUT2D eigenvalue weighted by Crippen LogP contribution is -2.51. The molecule has 1 N–H and O–H groups in total. The maximum Gasteiger partial charge on any atom is 0.309 e. The Labute approximate surface area is 207 Å². The molecule has 4 rings (SSSR count). The van der Waals surface area contributed by atoms with Gasteiger partial charge in [0.25, 0.3) is 5.91 Å². The molecule has 184 valence electrons. The highest BCUT2D eigenvalue weighted by atomic mass is 32.1. The van der Waals surface area contributed by atoms with Crippen LogP contribution in [0.2, 0.25) is 0 Å². The molecule has 1 aliphatic heterocycles. The number of aromatic nitrogens is 2. The fraction of sp³-hybridized carbons (Fsp3) is 0.360. The number of nitrogens with zero attached hydrogens (tertiary/aromatic N) is 4. The SMILES string of the molecule is CCN(C(=O)c1ccccc1F)c1nnc(-c2cc(C)c(OCCN3CC(C(=O)O)C3)c(C)c2)s1. The third-order valence-corrected chi connectivity index (χ3v) is 6.97. The molecule has 1 aromatic heterocycles. The number of amides is 1. The number of aryl methyl sites for hydroxylation is 2. The van der Waals surface area contributed by atoms with Crippen LogP contribution in [0.1, 0.15) is 28.4 Å². The van der Waals surface area contributed by atoms with Crippen LogP contribution in [0.3, 0.4) is 0 Å². The number of aliphatic carboxylic acids is 1. The predicted molar refractivity (Wildman–Crippen MR) is 132 cm³/mol. The largest absolute Gasteiger partial charge is 0.492 e. The maximum absolute atomic E-state index is 14.1. The summed E-state index contributed by atoms with van der Waals surface area (Å²) >= 11 is 1.27. The van der Waals surface area contributed by atoms with Gasteiger partial charge < -0.3 is 9.84 Å². The number of halogens is 1. The average Bonchev–Trinajstić information content (AvgIpc) is 3.27.